The van der Waals surface area contributed by atoms with Crippen molar-refractivity contribution in [1.82, 2.24) is 0 Å². The second kappa shape index (κ2) is 5.42. The molecule has 0 amide bonds. The van der Waals surface area contributed by atoms with Crippen LogP contribution in [0.1, 0.15) is 48.5 Å². The van der Waals surface area contributed by atoms with Gasteiger partial charge in [-0.15, -0.1) is 0 Å². The SMILES string of the molecule is Cc1cc(N)cc(C(=O)OC2CCC(C)CC2)c1. The van der Waals surface area contributed by atoms with Crippen LogP contribution < -0.4 is 5.73 Å². The van der Waals surface area contributed by atoms with E-state index in [0.29, 0.717) is 11.3 Å². The molecule has 1 aliphatic carbocycles. The van der Waals surface area contributed by atoms with Gasteiger partial charge in [-0.3, -0.25) is 0 Å². The van der Waals surface area contributed by atoms with Crippen LogP contribution in [0, 0.1) is 12.8 Å². The first kappa shape index (κ1) is 12.9. The summed E-state index contributed by atoms with van der Waals surface area (Å²) >= 11 is 0. The van der Waals surface area contributed by atoms with Gasteiger partial charge >= 0.3 is 5.97 Å². The summed E-state index contributed by atoms with van der Waals surface area (Å²) in [4.78, 5) is 12.0. The quantitative estimate of drug-likeness (QED) is 0.644. The Hall–Kier alpha value is -1.51. The van der Waals surface area contributed by atoms with Crippen molar-refractivity contribution in [3.63, 3.8) is 0 Å². The molecule has 1 fully saturated rings. The monoisotopic (exact) mass is 247 g/mol. The van der Waals surface area contributed by atoms with E-state index < -0.39 is 0 Å². The predicted molar refractivity (Wildman–Crippen MR) is 72.4 cm³/mol. The van der Waals surface area contributed by atoms with Gasteiger partial charge in [0.1, 0.15) is 6.10 Å². The molecule has 0 radical (unpaired) electrons. The van der Waals surface area contributed by atoms with Crippen molar-refractivity contribution in [3.8, 4) is 0 Å². The maximum atomic E-state index is 12.0. The molecule has 18 heavy (non-hydrogen) atoms. The van der Waals surface area contributed by atoms with Gasteiger partial charge in [0.05, 0.1) is 5.56 Å². The zero-order valence-electron chi connectivity index (χ0n) is 11.1. The molecule has 2 N–H and O–H groups in total. The third-order valence-electron chi connectivity index (χ3n) is 3.57. The minimum Gasteiger partial charge on any atom is -0.459 e. The van der Waals surface area contributed by atoms with Crippen LogP contribution in [-0.4, -0.2) is 12.1 Å². The number of hydrogen-bond donors (Lipinski definition) is 1. The van der Waals surface area contributed by atoms with Crippen molar-refractivity contribution in [3.05, 3.63) is 29.3 Å². The van der Waals surface area contributed by atoms with Crippen LogP contribution in [-0.2, 0) is 4.74 Å². The Morgan fingerprint density at radius 1 is 1.22 bits per heavy atom. The number of anilines is 1. The number of ether oxygens (including phenoxy) is 1. The van der Waals surface area contributed by atoms with Gasteiger partial charge in [0, 0.05) is 5.69 Å². The van der Waals surface area contributed by atoms with Crippen LogP contribution in [0.25, 0.3) is 0 Å². The van der Waals surface area contributed by atoms with Gasteiger partial charge in [0.25, 0.3) is 0 Å². The van der Waals surface area contributed by atoms with Crippen molar-refractivity contribution in [2.45, 2.75) is 45.6 Å². The highest BCUT2D eigenvalue weighted by Crippen LogP contribution is 2.26. The standard InChI is InChI=1S/C15H21NO2/c1-10-3-5-14(6-4-10)18-15(17)12-7-11(2)8-13(16)9-12/h7-10,14H,3-6,16H2,1-2H3. The molecule has 1 saturated carbocycles. The van der Waals surface area contributed by atoms with Gasteiger partial charge in [0.15, 0.2) is 0 Å². The number of nitrogen functional groups attached to an aromatic ring is 1. The zero-order chi connectivity index (χ0) is 13.1. The molecule has 0 atom stereocenters. The van der Waals surface area contributed by atoms with Gasteiger partial charge in [-0.2, -0.15) is 0 Å². The van der Waals surface area contributed by atoms with Crippen LogP contribution in [0.4, 0.5) is 5.69 Å². The van der Waals surface area contributed by atoms with E-state index in [1.54, 1.807) is 6.07 Å². The number of rotatable bonds is 2. The van der Waals surface area contributed by atoms with E-state index in [0.717, 1.165) is 37.2 Å². The van der Waals surface area contributed by atoms with E-state index in [4.69, 9.17) is 10.5 Å². The average molecular weight is 247 g/mol. The van der Waals surface area contributed by atoms with E-state index in [1.807, 2.05) is 19.1 Å². The number of esters is 1. The summed E-state index contributed by atoms with van der Waals surface area (Å²) < 4.78 is 5.54. The smallest absolute Gasteiger partial charge is 0.338 e. The third kappa shape index (κ3) is 3.25. The predicted octanol–water partition coefficient (Wildman–Crippen LogP) is 3.31. The van der Waals surface area contributed by atoms with Crippen molar-refractivity contribution < 1.29 is 9.53 Å². The summed E-state index contributed by atoms with van der Waals surface area (Å²) in [5, 5.41) is 0. The molecule has 2 rings (SSSR count). The van der Waals surface area contributed by atoms with Crippen LogP contribution >= 0.6 is 0 Å². The van der Waals surface area contributed by atoms with Crippen molar-refractivity contribution in [2.24, 2.45) is 5.92 Å². The lowest BCUT2D eigenvalue weighted by atomic mass is 9.89. The first-order valence-corrected chi connectivity index (χ1v) is 6.63. The molecular formula is C15H21NO2. The Morgan fingerprint density at radius 2 is 1.89 bits per heavy atom. The summed E-state index contributed by atoms with van der Waals surface area (Å²) in [6.07, 6.45) is 4.33. The summed E-state index contributed by atoms with van der Waals surface area (Å²) in [6.45, 7) is 4.18. The summed E-state index contributed by atoms with van der Waals surface area (Å²) in [5.74, 6) is 0.513. The van der Waals surface area contributed by atoms with Crippen molar-refractivity contribution >= 4 is 11.7 Å². The number of carbonyl (C=O) groups excluding carboxylic acids is 1. The molecule has 1 aromatic carbocycles. The highest BCUT2D eigenvalue weighted by molar-refractivity contribution is 5.90. The maximum absolute atomic E-state index is 12.0. The summed E-state index contributed by atoms with van der Waals surface area (Å²) in [5.41, 5.74) is 7.90. The molecule has 0 unspecified atom stereocenters. The van der Waals surface area contributed by atoms with Crippen LogP contribution in [0.5, 0.6) is 0 Å². The van der Waals surface area contributed by atoms with E-state index in [1.165, 1.54) is 0 Å². The third-order valence-corrected chi connectivity index (χ3v) is 3.57. The average Bonchev–Trinajstić information content (AvgIpc) is 2.31. The highest BCUT2D eigenvalue weighted by atomic mass is 16.5. The van der Waals surface area contributed by atoms with E-state index >= 15 is 0 Å². The second-order valence-electron chi connectivity index (χ2n) is 5.42. The number of hydrogen-bond acceptors (Lipinski definition) is 3. The topological polar surface area (TPSA) is 52.3 Å². The molecule has 3 heteroatoms. The number of benzene rings is 1. The Kier molecular flexibility index (Phi) is 3.90. The van der Waals surface area contributed by atoms with Gasteiger partial charge in [-0.1, -0.05) is 6.92 Å². The Balaban J connectivity index is 1.99. The molecule has 0 saturated heterocycles. The van der Waals surface area contributed by atoms with Crippen molar-refractivity contribution in [1.29, 1.82) is 0 Å². The molecule has 98 valence electrons. The fourth-order valence-corrected chi connectivity index (χ4v) is 2.50. The van der Waals surface area contributed by atoms with Gasteiger partial charge < -0.3 is 10.5 Å². The Labute approximate surface area is 108 Å². The largest absolute Gasteiger partial charge is 0.459 e. The Bertz CT molecular complexity index is 414. The van der Waals surface area contributed by atoms with E-state index in [2.05, 4.69) is 6.92 Å². The number of aryl methyl sites for hydroxylation is 1. The fraction of sp³-hybridized carbons (Fsp3) is 0.533. The molecule has 0 spiro atoms. The van der Waals surface area contributed by atoms with Crippen molar-refractivity contribution in [2.75, 3.05) is 5.73 Å². The molecule has 0 aromatic heterocycles. The zero-order valence-corrected chi connectivity index (χ0v) is 11.1. The maximum Gasteiger partial charge on any atom is 0.338 e. The first-order valence-electron chi connectivity index (χ1n) is 6.63. The van der Waals surface area contributed by atoms with Gasteiger partial charge in [-0.25, -0.2) is 4.79 Å². The summed E-state index contributed by atoms with van der Waals surface area (Å²) in [7, 11) is 0. The van der Waals surface area contributed by atoms with E-state index in [-0.39, 0.29) is 12.1 Å². The normalized spacial score (nSPS) is 23.7. The number of carbonyl (C=O) groups is 1. The minimum atomic E-state index is -0.245. The van der Waals surface area contributed by atoms with Gasteiger partial charge in [0.2, 0.25) is 0 Å². The summed E-state index contributed by atoms with van der Waals surface area (Å²) in [6, 6.07) is 5.35. The number of nitrogens with two attached hydrogens (primary N) is 1. The fourth-order valence-electron chi connectivity index (χ4n) is 2.50. The Morgan fingerprint density at radius 3 is 2.50 bits per heavy atom. The molecular weight excluding hydrogens is 226 g/mol. The highest BCUT2D eigenvalue weighted by Gasteiger charge is 2.22. The lowest BCUT2D eigenvalue weighted by molar-refractivity contribution is 0.0174. The van der Waals surface area contributed by atoms with Crippen LogP contribution in [0.2, 0.25) is 0 Å². The molecule has 1 aliphatic rings. The minimum absolute atomic E-state index is 0.0791. The van der Waals surface area contributed by atoms with E-state index in [9.17, 15) is 4.79 Å². The second-order valence-corrected chi connectivity index (χ2v) is 5.42. The van der Waals surface area contributed by atoms with Crippen LogP contribution in [0.15, 0.2) is 18.2 Å². The molecule has 0 heterocycles. The molecule has 0 bridgehead atoms. The molecule has 0 aliphatic heterocycles. The molecule has 1 aromatic rings. The lowest BCUT2D eigenvalue weighted by Gasteiger charge is -2.26. The van der Waals surface area contributed by atoms with Gasteiger partial charge in [-0.05, 0) is 62.3 Å². The lowest BCUT2D eigenvalue weighted by Crippen LogP contribution is -2.23. The first-order chi connectivity index (χ1) is 8.54. The molecule has 3 nitrogen and oxygen atoms in total. The van der Waals surface area contributed by atoms with Crippen LogP contribution in [0.3, 0.4) is 0 Å².